The van der Waals surface area contributed by atoms with Gasteiger partial charge in [-0.15, -0.1) is 13.2 Å². The lowest BCUT2D eigenvalue weighted by atomic mass is 10.2. The summed E-state index contributed by atoms with van der Waals surface area (Å²) in [5.41, 5.74) is 0.103. The molecular formula is C23H18F3N5O3. The summed E-state index contributed by atoms with van der Waals surface area (Å²) in [4.78, 5) is 25.3. The van der Waals surface area contributed by atoms with Crippen LogP contribution in [-0.2, 0) is 0 Å². The Morgan fingerprint density at radius 1 is 1.03 bits per heavy atom. The lowest BCUT2D eigenvalue weighted by Gasteiger charge is -2.13. The third kappa shape index (κ3) is 5.49. The summed E-state index contributed by atoms with van der Waals surface area (Å²) in [6.07, 6.45) is -1.48. The number of amides is 1. The molecule has 2 heterocycles. The van der Waals surface area contributed by atoms with Crippen molar-refractivity contribution in [3.63, 3.8) is 0 Å². The number of carbonyl (C=O) groups excluding carboxylic acids is 1. The van der Waals surface area contributed by atoms with Crippen LogP contribution >= 0.6 is 0 Å². The second-order valence-corrected chi connectivity index (χ2v) is 7.08. The van der Waals surface area contributed by atoms with Crippen LogP contribution in [-0.4, -0.2) is 31.8 Å². The van der Waals surface area contributed by atoms with E-state index in [0.29, 0.717) is 29.0 Å². The van der Waals surface area contributed by atoms with Crippen molar-refractivity contribution in [3.8, 4) is 23.2 Å². The maximum absolute atomic E-state index is 12.6. The van der Waals surface area contributed by atoms with Crippen LogP contribution in [0.15, 0.2) is 67.0 Å². The molecular weight excluding hydrogens is 451 g/mol. The van der Waals surface area contributed by atoms with E-state index < -0.39 is 18.0 Å². The lowest BCUT2D eigenvalue weighted by molar-refractivity contribution is -0.274. The van der Waals surface area contributed by atoms with Gasteiger partial charge in [0, 0.05) is 24.1 Å². The number of para-hydroxylation sites is 1. The highest BCUT2D eigenvalue weighted by atomic mass is 19.4. The van der Waals surface area contributed by atoms with Crippen molar-refractivity contribution >= 4 is 11.6 Å². The lowest BCUT2D eigenvalue weighted by Crippen LogP contribution is -2.20. The zero-order chi connectivity index (χ0) is 24.3. The maximum Gasteiger partial charge on any atom is 0.573 e. The summed E-state index contributed by atoms with van der Waals surface area (Å²) in [7, 11) is 0. The standard InChI is InChI=1S/C23H18F3N5O3/c1-14-28-20(31-12-11-27-15(31)2)13-21(29-14)33-17-9-7-16(8-10-17)30-22(32)18-5-3-4-6-19(18)34-23(24,25)26/h3-13H,1-2H3,(H,30,32). The SMILES string of the molecule is Cc1nc(Oc2ccc(NC(=O)c3ccccc3OC(F)(F)F)cc2)cc(-n2ccnc2C)n1. The fourth-order valence-electron chi connectivity index (χ4n) is 3.11. The summed E-state index contributed by atoms with van der Waals surface area (Å²) in [6.45, 7) is 3.58. The quantitative estimate of drug-likeness (QED) is 0.416. The van der Waals surface area contributed by atoms with Crippen molar-refractivity contribution in [3.05, 3.63) is 84.2 Å². The van der Waals surface area contributed by atoms with Crippen molar-refractivity contribution < 1.29 is 27.4 Å². The Morgan fingerprint density at radius 3 is 2.44 bits per heavy atom. The van der Waals surface area contributed by atoms with Crippen LogP contribution in [0.2, 0.25) is 0 Å². The number of benzene rings is 2. The van der Waals surface area contributed by atoms with Crippen LogP contribution in [0.4, 0.5) is 18.9 Å². The van der Waals surface area contributed by atoms with Gasteiger partial charge in [-0.3, -0.25) is 9.36 Å². The summed E-state index contributed by atoms with van der Waals surface area (Å²) in [6, 6.07) is 13.0. The third-order valence-electron chi connectivity index (χ3n) is 4.57. The second-order valence-electron chi connectivity index (χ2n) is 7.08. The number of hydrogen-bond acceptors (Lipinski definition) is 6. The molecule has 1 amide bonds. The van der Waals surface area contributed by atoms with Gasteiger partial charge in [0.2, 0.25) is 5.88 Å². The number of imidazole rings is 1. The van der Waals surface area contributed by atoms with Gasteiger partial charge >= 0.3 is 6.36 Å². The first kappa shape index (κ1) is 22.8. The number of ether oxygens (including phenoxy) is 2. The molecule has 4 rings (SSSR count). The summed E-state index contributed by atoms with van der Waals surface area (Å²) in [5, 5.41) is 2.54. The molecule has 2 aromatic carbocycles. The molecule has 34 heavy (non-hydrogen) atoms. The Morgan fingerprint density at radius 2 is 1.76 bits per heavy atom. The van der Waals surface area contributed by atoms with Crippen LogP contribution in [0.1, 0.15) is 22.0 Å². The zero-order valence-electron chi connectivity index (χ0n) is 18.0. The molecule has 0 spiro atoms. The Labute approximate surface area is 192 Å². The van der Waals surface area contributed by atoms with Crippen LogP contribution in [0.3, 0.4) is 0 Å². The van der Waals surface area contributed by atoms with E-state index in [0.717, 1.165) is 11.9 Å². The minimum absolute atomic E-state index is 0.251. The number of nitrogens with one attached hydrogen (secondary N) is 1. The first-order valence-corrected chi connectivity index (χ1v) is 9.98. The molecule has 0 saturated carbocycles. The second kappa shape index (κ2) is 9.22. The van der Waals surface area contributed by atoms with Gasteiger partial charge in [0.25, 0.3) is 5.91 Å². The van der Waals surface area contributed by atoms with E-state index in [1.807, 2.05) is 6.92 Å². The Bertz CT molecular complexity index is 1320. The van der Waals surface area contributed by atoms with E-state index in [1.54, 1.807) is 54.2 Å². The van der Waals surface area contributed by atoms with Gasteiger partial charge in [-0.1, -0.05) is 12.1 Å². The van der Waals surface area contributed by atoms with E-state index in [9.17, 15) is 18.0 Å². The molecule has 4 aromatic rings. The molecule has 2 aromatic heterocycles. The number of hydrogen-bond donors (Lipinski definition) is 1. The van der Waals surface area contributed by atoms with E-state index in [2.05, 4.69) is 25.0 Å². The molecule has 0 unspecified atom stereocenters. The molecule has 0 bridgehead atoms. The smallest absolute Gasteiger partial charge is 0.439 e. The zero-order valence-corrected chi connectivity index (χ0v) is 18.0. The van der Waals surface area contributed by atoms with E-state index in [4.69, 9.17) is 4.74 Å². The van der Waals surface area contributed by atoms with Crippen molar-refractivity contribution in [2.45, 2.75) is 20.2 Å². The predicted molar refractivity (Wildman–Crippen MR) is 116 cm³/mol. The highest BCUT2D eigenvalue weighted by molar-refractivity contribution is 6.06. The minimum Gasteiger partial charge on any atom is -0.439 e. The van der Waals surface area contributed by atoms with Crippen molar-refractivity contribution in [2.24, 2.45) is 0 Å². The van der Waals surface area contributed by atoms with Crippen LogP contribution in [0.25, 0.3) is 5.82 Å². The van der Waals surface area contributed by atoms with Gasteiger partial charge < -0.3 is 14.8 Å². The Balaban J connectivity index is 1.47. The third-order valence-corrected chi connectivity index (χ3v) is 4.57. The van der Waals surface area contributed by atoms with Gasteiger partial charge in [0.15, 0.2) is 0 Å². The molecule has 0 aliphatic carbocycles. The van der Waals surface area contributed by atoms with E-state index in [-0.39, 0.29) is 5.56 Å². The van der Waals surface area contributed by atoms with Gasteiger partial charge in [0.05, 0.1) is 5.56 Å². The van der Waals surface area contributed by atoms with Crippen LogP contribution < -0.4 is 14.8 Å². The maximum atomic E-state index is 12.6. The van der Waals surface area contributed by atoms with E-state index >= 15 is 0 Å². The molecule has 174 valence electrons. The van der Waals surface area contributed by atoms with Gasteiger partial charge in [-0.2, -0.15) is 4.98 Å². The highest BCUT2D eigenvalue weighted by Crippen LogP contribution is 2.28. The monoisotopic (exact) mass is 469 g/mol. The molecule has 0 aliphatic rings. The Kier molecular flexibility index (Phi) is 6.17. The van der Waals surface area contributed by atoms with Crippen molar-refractivity contribution in [1.29, 1.82) is 0 Å². The molecule has 1 N–H and O–H groups in total. The fraction of sp³-hybridized carbons (Fsp3) is 0.130. The molecule has 0 saturated heterocycles. The predicted octanol–water partition coefficient (Wildman–Crippen LogP) is 5.22. The summed E-state index contributed by atoms with van der Waals surface area (Å²) < 4.78 is 49.3. The van der Waals surface area contributed by atoms with E-state index in [1.165, 1.54) is 18.2 Å². The molecule has 0 fully saturated rings. The van der Waals surface area contributed by atoms with Gasteiger partial charge in [-0.25, -0.2) is 9.97 Å². The first-order valence-electron chi connectivity index (χ1n) is 9.98. The van der Waals surface area contributed by atoms with Crippen LogP contribution in [0, 0.1) is 13.8 Å². The Hall–Kier alpha value is -4.41. The number of nitrogens with zero attached hydrogens (tertiary/aromatic N) is 4. The number of halogens is 3. The number of anilines is 1. The molecule has 0 atom stereocenters. The number of carbonyl (C=O) groups is 1. The number of aryl methyl sites for hydroxylation is 2. The van der Waals surface area contributed by atoms with Crippen molar-refractivity contribution in [2.75, 3.05) is 5.32 Å². The number of rotatable bonds is 6. The fourth-order valence-corrected chi connectivity index (χ4v) is 3.11. The topological polar surface area (TPSA) is 91.2 Å². The number of aromatic nitrogens is 4. The average molecular weight is 469 g/mol. The number of alkyl halides is 3. The minimum atomic E-state index is -4.91. The van der Waals surface area contributed by atoms with Crippen LogP contribution in [0.5, 0.6) is 17.4 Å². The van der Waals surface area contributed by atoms with Gasteiger partial charge in [-0.05, 0) is 50.2 Å². The van der Waals surface area contributed by atoms with Gasteiger partial charge in [0.1, 0.15) is 29.0 Å². The highest BCUT2D eigenvalue weighted by Gasteiger charge is 2.32. The molecule has 0 radical (unpaired) electrons. The largest absolute Gasteiger partial charge is 0.573 e. The van der Waals surface area contributed by atoms with Crippen molar-refractivity contribution in [1.82, 2.24) is 19.5 Å². The summed E-state index contributed by atoms with van der Waals surface area (Å²) >= 11 is 0. The first-order chi connectivity index (χ1) is 16.2. The normalized spacial score (nSPS) is 11.2. The molecule has 8 nitrogen and oxygen atoms in total. The summed E-state index contributed by atoms with van der Waals surface area (Å²) in [5.74, 6) is 1.27. The molecule has 11 heteroatoms. The average Bonchev–Trinajstić information content (AvgIpc) is 3.20. The molecule has 0 aliphatic heterocycles.